The maximum Gasteiger partial charge on any atom is 0.372 e. The van der Waals surface area contributed by atoms with E-state index in [4.69, 9.17) is 30.6 Å². The summed E-state index contributed by atoms with van der Waals surface area (Å²) in [5.74, 6) is 1.14. The number of carbonyl (C=O) groups is 1. The van der Waals surface area contributed by atoms with Crippen LogP contribution in [0.3, 0.4) is 0 Å². The molecule has 178 valence electrons. The minimum atomic E-state index is -0.621. The first kappa shape index (κ1) is 25.1. The van der Waals surface area contributed by atoms with Crippen molar-refractivity contribution in [3.63, 3.8) is 0 Å². The van der Waals surface area contributed by atoms with Gasteiger partial charge in [-0.25, -0.2) is 4.79 Å². The summed E-state index contributed by atoms with van der Waals surface area (Å²) in [6.45, 7) is 8.35. The summed E-state index contributed by atoms with van der Waals surface area (Å²) in [5.41, 5.74) is 4.72. The highest BCUT2D eigenvalue weighted by Gasteiger charge is 2.09. The van der Waals surface area contributed by atoms with Gasteiger partial charge in [-0.15, -0.1) is 0 Å². The fraction of sp³-hybridized carbons (Fsp3) is 0.259. The summed E-state index contributed by atoms with van der Waals surface area (Å²) in [5, 5.41) is 4.45. The number of hydrogen-bond acceptors (Lipinski definition) is 6. The molecule has 3 rings (SSSR count). The third kappa shape index (κ3) is 6.99. The van der Waals surface area contributed by atoms with E-state index in [0.29, 0.717) is 41.0 Å². The maximum absolute atomic E-state index is 12.0. The molecule has 34 heavy (non-hydrogen) atoms. The molecule has 0 aliphatic carbocycles. The number of carbonyl (C=O) groups excluding carboxylic acids is 1. The lowest BCUT2D eigenvalue weighted by Crippen LogP contribution is -2.12. The van der Waals surface area contributed by atoms with Gasteiger partial charge in [-0.05, 0) is 80.3 Å². The lowest BCUT2D eigenvalue weighted by Gasteiger charge is -2.13. The van der Waals surface area contributed by atoms with Gasteiger partial charge in [0.15, 0.2) is 18.1 Å². The highest BCUT2D eigenvalue weighted by molar-refractivity contribution is 6.32. The molecule has 0 aliphatic rings. The molecule has 0 aromatic heterocycles. The van der Waals surface area contributed by atoms with Crippen LogP contribution in [-0.2, 0) is 16.2 Å². The van der Waals surface area contributed by atoms with Crippen LogP contribution in [0.4, 0.5) is 0 Å². The third-order valence-corrected chi connectivity index (χ3v) is 5.63. The quantitative estimate of drug-likeness (QED) is 0.196. The predicted molar refractivity (Wildman–Crippen MR) is 133 cm³/mol. The summed E-state index contributed by atoms with van der Waals surface area (Å²) < 4.78 is 17.2. The summed E-state index contributed by atoms with van der Waals surface area (Å²) >= 11 is 6.15. The minimum absolute atomic E-state index is 0.270. The largest absolute Gasteiger partial charge is 0.490 e. The van der Waals surface area contributed by atoms with Crippen LogP contribution in [0.1, 0.15) is 34.7 Å². The first-order chi connectivity index (χ1) is 16.4. The van der Waals surface area contributed by atoms with Crippen LogP contribution >= 0.6 is 11.6 Å². The van der Waals surface area contributed by atoms with E-state index in [-0.39, 0.29) is 6.61 Å². The van der Waals surface area contributed by atoms with Crippen molar-refractivity contribution in [2.24, 2.45) is 5.16 Å². The number of benzene rings is 3. The van der Waals surface area contributed by atoms with Crippen LogP contribution in [-0.4, -0.2) is 25.4 Å². The molecule has 7 heteroatoms. The zero-order valence-corrected chi connectivity index (χ0v) is 20.5. The van der Waals surface area contributed by atoms with Gasteiger partial charge >= 0.3 is 5.97 Å². The number of ether oxygens (including phenoxy) is 3. The Morgan fingerprint density at radius 3 is 2.35 bits per heavy atom. The van der Waals surface area contributed by atoms with Crippen molar-refractivity contribution in [2.45, 2.75) is 34.3 Å². The van der Waals surface area contributed by atoms with E-state index in [1.165, 1.54) is 6.21 Å². The molecule has 0 atom stereocenters. The summed E-state index contributed by atoms with van der Waals surface area (Å²) in [6.07, 6.45) is 1.43. The molecule has 0 radical (unpaired) electrons. The summed E-state index contributed by atoms with van der Waals surface area (Å²) in [4.78, 5) is 16.9. The highest BCUT2D eigenvalue weighted by atomic mass is 35.5. The van der Waals surface area contributed by atoms with Gasteiger partial charge < -0.3 is 19.0 Å². The van der Waals surface area contributed by atoms with Crippen molar-refractivity contribution in [3.05, 3.63) is 87.4 Å². The van der Waals surface area contributed by atoms with Crippen LogP contribution in [0.15, 0.2) is 59.8 Å². The number of hydrogen-bond donors (Lipinski definition) is 0. The van der Waals surface area contributed by atoms with E-state index in [9.17, 15) is 4.79 Å². The Kier molecular flexibility index (Phi) is 8.93. The predicted octanol–water partition coefficient (Wildman–Crippen LogP) is 6.20. The minimum Gasteiger partial charge on any atom is -0.490 e. The van der Waals surface area contributed by atoms with Gasteiger partial charge in [0.05, 0.1) is 12.8 Å². The zero-order chi connectivity index (χ0) is 24.5. The van der Waals surface area contributed by atoms with Gasteiger partial charge in [0, 0.05) is 10.6 Å². The smallest absolute Gasteiger partial charge is 0.372 e. The molecule has 0 amide bonds. The molecule has 0 spiro atoms. The second-order valence-electron chi connectivity index (χ2n) is 7.71. The molecular weight excluding hydrogens is 454 g/mol. The molecule has 0 fully saturated rings. The fourth-order valence-corrected chi connectivity index (χ4v) is 3.33. The standard InChI is InChI=1S/C27H28ClNO5/c1-5-31-25-14-21(10-11-24(25)33-16-22-9-7-6-8-18(22)2)15-29-34-26(30)17-32-23-12-19(3)27(28)20(4)13-23/h6-15H,5,16-17H2,1-4H3/b29-15-. The number of nitrogens with zero attached hydrogens (tertiary/aromatic N) is 1. The molecule has 0 saturated carbocycles. The SMILES string of the molecule is CCOc1cc(/C=N\OC(=O)COc2cc(C)c(Cl)c(C)c2)ccc1OCc1ccccc1C. The Morgan fingerprint density at radius 1 is 0.912 bits per heavy atom. The summed E-state index contributed by atoms with van der Waals surface area (Å²) in [6, 6.07) is 17.0. The molecule has 0 saturated heterocycles. The summed E-state index contributed by atoms with van der Waals surface area (Å²) in [7, 11) is 0. The Labute approximate surface area is 205 Å². The Balaban J connectivity index is 1.56. The van der Waals surface area contributed by atoms with Crippen LogP contribution in [0.2, 0.25) is 5.02 Å². The average molecular weight is 482 g/mol. The Bertz CT molecular complexity index is 1150. The van der Waals surface area contributed by atoms with Gasteiger partial charge in [-0.2, -0.15) is 0 Å². The third-order valence-electron chi connectivity index (χ3n) is 5.03. The fourth-order valence-electron chi connectivity index (χ4n) is 3.22. The van der Waals surface area contributed by atoms with Crippen LogP contribution in [0.25, 0.3) is 0 Å². The zero-order valence-electron chi connectivity index (χ0n) is 19.8. The van der Waals surface area contributed by atoms with Crippen molar-refractivity contribution in [3.8, 4) is 17.2 Å². The van der Waals surface area contributed by atoms with E-state index < -0.39 is 5.97 Å². The molecule has 0 bridgehead atoms. The topological polar surface area (TPSA) is 66.4 Å². The van der Waals surface area contributed by atoms with Gasteiger partial charge in [0.25, 0.3) is 0 Å². The van der Waals surface area contributed by atoms with E-state index in [2.05, 4.69) is 5.16 Å². The highest BCUT2D eigenvalue weighted by Crippen LogP contribution is 2.29. The molecule has 3 aromatic carbocycles. The van der Waals surface area contributed by atoms with Gasteiger partial charge in [0.1, 0.15) is 12.4 Å². The molecular formula is C27H28ClNO5. The molecule has 3 aromatic rings. The number of oxime groups is 1. The lowest BCUT2D eigenvalue weighted by atomic mass is 10.1. The van der Waals surface area contributed by atoms with Gasteiger partial charge in [-0.3, -0.25) is 0 Å². The number of aryl methyl sites for hydroxylation is 3. The van der Waals surface area contributed by atoms with Crippen molar-refractivity contribution in [2.75, 3.05) is 13.2 Å². The second kappa shape index (κ2) is 12.1. The molecule has 0 unspecified atom stereocenters. The average Bonchev–Trinajstić information content (AvgIpc) is 2.81. The molecule has 0 N–H and O–H groups in total. The molecule has 6 nitrogen and oxygen atoms in total. The Hall–Kier alpha value is -3.51. The van der Waals surface area contributed by atoms with Crippen molar-refractivity contribution >= 4 is 23.8 Å². The van der Waals surface area contributed by atoms with E-state index in [0.717, 1.165) is 22.3 Å². The Morgan fingerprint density at radius 2 is 1.65 bits per heavy atom. The maximum atomic E-state index is 12.0. The van der Waals surface area contributed by atoms with Gasteiger partial charge in [-0.1, -0.05) is 41.0 Å². The number of halogens is 1. The normalized spacial score (nSPS) is 10.9. The number of rotatable bonds is 10. The van der Waals surface area contributed by atoms with Crippen molar-refractivity contribution in [1.29, 1.82) is 0 Å². The van der Waals surface area contributed by atoms with Crippen LogP contribution < -0.4 is 14.2 Å². The molecule has 0 heterocycles. The van der Waals surface area contributed by atoms with E-state index >= 15 is 0 Å². The monoisotopic (exact) mass is 481 g/mol. The first-order valence-corrected chi connectivity index (χ1v) is 11.3. The first-order valence-electron chi connectivity index (χ1n) is 10.9. The van der Waals surface area contributed by atoms with Gasteiger partial charge in [0.2, 0.25) is 0 Å². The lowest BCUT2D eigenvalue weighted by molar-refractivity contribution is -0.145. The second-order valence-corrected chi connectivity index (χ2v) is 8.09. The van der Waals surface area contributed by atoms with E-state index in [1.54, 1.807) is 24.3 Å². The molecule has 0 aliphatic heterocycles. The van der Waals surface area contributed by atoms with E-state index in [1.807, 2.05) is 58.0 Å². The van der Waals surface area contributed by atoms with Crippen molar-refractivity contribution < 1.29 is 23.8 Å². The van der Waals surface area contributed by atoms with Crippen LogP contribution in [0.5, 0.6) is 17.2 Å². The van der Waals surface area contributed by atoms with Crippen LogP contribution in [0, 0.1) is 20.8 Å². The van der Waals surface area contributed by atoms with Crippen molar-refractivity contribution in [1.82, 2.24) is 0 Å².